The van der Waals surface area contributed by atoms with Crippen LogP contribution in [0.1, 0.15) is 33.2 Å². The molecule has 0 saturated carbocycles. The van der Waals surface area contributed by atoms with Crippen molar-refractivity contribution in [2.75, 3.05) is 0 Å². The van der Waals surface area contributed by atoms with Gasteiger partial charge in [0.05, 0.1) is 11.1 Å². The molecule has 2 aromatic carbocycles. The van der Waals surface area contributed by atoms with Crippen LogP contribution in [0.2, 0.25) is 0 Å². The minimum absolute atomic E-state index is 0.0214. The van der Waals surface area contributed by atoms with Crippen molar-refractivity contribution in [3.05, 3.63) is 65.0 Å². The molecule has 0 bridgehead atoms. The second-order valence-electron chi connectivity index (χ2n) is 4.49. The number of carboxylic acids is 1. The van der Waals surface area contributed by atoms with Crippen molar-refractivity contribution in [3.63, 3.8) is 0 Å². The third kappa shape index (κ3) is 3.66. The molecule has 21 heavy (non-hydrogen) atoms. The Hall–Kier alpha value is -2.69. The van der Waals surface area contributed by atoms with Crippen LogP contribution in [0.25, 0.3) is 0 Å². The second-order valence-corrected chi connectivity index (χ2v) is 4.49. The van der Waals surface area contributed by atoms with Gasteiger partial charge in [0.25, 0.3) is 0 Å². The molecule has 0 amide bonds. The van der Waals surface area contributed by atoms with Gasteiger partial charge in [-0.25, -0.2) is 9.18 Å². The van der Waals surface area contributed by atoms with Gasteiger partial charge in [0.15, 0.2) is 5.78 Å². The van der Waals surface area contributed by atoms with Gasteiger partial charge in [-0.3, -0.25) is 4.79 Å². The van der Waals surface area contributed by atoms with E-state index in [1.165, 1.54) is 31.2 Å². The van der Waals surface area contributed by atoms with Gasteiger partial charge >= 0.3 is 5.97 Å². The molecule has 0 radical (unpaired) electrons. The minimum atomic E-state index is -0.996. The van der Waals surface area contributed by atoms with E-state index in [1.54, 1.807) is 12.1 Å². The molecule has 108 valence electrons. The van der Waals surface area contributed by atoms with E-state index in [0.29, 0.717) is 5.75 Å². The molecule has 5 heteroatoms. The molecular formula is C16H13FO4. The molecule has 0 aliphatic rings. The molecule has 2 rings (SSSR count). The van der Waals surface area contributed by atoms with Crippen LogP contribution in [-0.4, -0.2) is 16.9 Å². The SMILES string of the molecule is CC(=O)c1ccc(OCc2ccc(C(=O)O)cc2)cc1F. The summed E-state index contributed by atoms with van der Waals surface area (Å²) in [4.78, 5) is 21.8. The van der Waals surface area contributed by atoms with Gasteiger partial charge in [0.1, 0.15) is 18.2 Å². The standard InChI is InChI=1S/C16H13FO4/c1-10(18)14-7-6-13(8-15(14)17)21-9-11-2-4-12(5-3-11)16(19)20/h2-8H,9H2,1H3,(H,19,20). The molecule has 4 nitrogen and oxygen atoms in total. The lowest BCUT2D eigenvalue weighted by molar-refractivity contribution is 0.0696. The van der Waals surface area contributed by atoms with Crippen LogP contribution in [0, 0.1) is 5.82 Å². The van der Waals surface area contributed by atoms with E-state index in [1.807, 2.05) is 0 Å². The average molecular weight is 288 g/mol. The van der Waals surface area contributed by atoms with Crippen LogP contribution in [0.15, 0.2) is 42.5 Å². The fraction of sp³-hybridized carbons (Fsp3) is 0.125. The number of rotatable bonds is 5. The topological polar surface area (TPSA) is 63.6 Å². The van der Waals surface area contributed by atoms with Crippen molar-refractivity contribution in [1.29, 1.82) is 0 Å². The maximum absolute atomic E-state index is 13.6. The lowest BCUT2D eigenvalue weighted by Crippen LogP contribution is -2.01. The van der Waals surface area contributed by atoms with E-state index >= 15 is 0 Å². The summed E-state index contributed by atoms with van der Waals surface area (Å²) in [5.41, 5.74) is 0.972. The van der Waals surface area contributed by atoms with Crippen molar-refractivity contribution >= 4 is 11.8 Å². The van der Waals surface area contributed by atoms with Crippen LogP contribution >= 0.6 is 0 Å². The van der Waals surface area contributed by atoms with E-state index < -0.39 is 11.8 Å². The van der Waals surface area contributed by atoms with Crippen molar-refractivity contribution in [3.8, 4) is 5.75 Å². The van der Waals surface area contributed by atoms with Crippen LogP contribution in [-0.2, 0) is 6.61 Å². The quantitative estimate of drug-likeness (QED) is 0.857. The molecule has 2 aromatic rings. The molecule has 0 unspecified atom stereocenters. The molecule has 0 aliphatic carbocycles. The van der Waals surface area contributed by atoms with Crippen LogP contribution < -0.4 is 4.74 Å². The summed E-state index contributed by atoms with van der Waals surface area (Å²) in [5.74, 6) is -1.66. The normalized spacial score (nSPS) is 10.2. The highest BCUT2D eigenvalue weighted by atomic mass is 19.1. The first kappa shape index (κ1) is 14.7. The van der Waals surface area contributed by atoms with Crippen molar-refractivity contribution in [2.45, 2.75) is 13.5 Å². The van der Waals surface area contributed by atoms with Crippen molar-refractivity contribution in [1.82, 2.24) is 0 Å². The Kier molecular flexibility index (Phi) is 4.33. The number of carbonyl (C=O) groups excluding carboxylic acids is 1. The Balaban J connectivity index is 2.04. The predicted octanol–water partition coefficient (Wildman–Crippen LogP) is 3.31. The van der Waals surface area contributed by atoms with Gasteiger partial charge in [0, 0.05) is 6.07 Å². The van der Waals surface area contributed by atoms with Crippen LogP contribution in [0.5, 0.6) is 5.75 Å². The van der Waals surface area contributed by atoms with Crippen molar-refractivity contribution < 1.29 is 23.8 Å². The fourth-order valence-electron chi connectivity index (χ4n) is 1.78. The lowest BCUT2D eigenvalue weighted by Gasteiger charge is -2.08. The zero-order chi connectivity index (χ0) is 15.4. The Morgan fingerprint density at radius 2 is 1.81 bits per heavy atom. The molecule has 0 aliphatic heterocycles. The van der Waals surface area contributed by atoms with E-state index in [-0.39, 0.29) is 23.5 Å². The lowest BCUT2D eigenvalue weighted by atomic mass is 10.1. The first-order valence-corrected chi connectivity index (χ1v) is 6.23. The first-order valence-electron chi connectivity index (χ1n) is 6.23. The number of halogens is 1. The third-order valence-corrected chi connectivity index (χ3v) is 2.93. The summed E-state index contributed by atoms with van der Waals surface area (Å²) >= 11 is 0. The van der Waals surface area contributed by atoms with E-state index in [0.717, 1.165) is 11.6 Å². The largest absolute Gasteiger partial charge is 0.489 e. The molecular weight excluding hydrogens is 275 g/mol. The zero-order valence-electron chi connectivity index (χ0n) is 11.3. The summed E-state index contributed by atoms with van der Waals surface area (Å²) in [5, 5.41) is 8.78. The Morgan fingerprint density at radius 1 is 1.14 bits per heavy atom. The van der Waals surface area contributed by atoms with E-state index in [9.17, 15) is 14.0 Å². The third-order valence-electron chi connectivity index (χ3n) is 2.93. The zero-order valence-corrected chi connectivity index (χ0v) is 11.3. The van der Waals surface area contributed by atoms with Gasteiger partial charge in [0.2, 0.25) is 0 Å². The molecule has 0 saturated heterocycles. The number of aromatic carboxylic acids is 1. The number of hydrogen-bond acceptors (Lipinski definition) is 3. The summed E-state index contributed by atoms with van der Waals surface area (Å²) in [7, 11) is 0. The van der Waals surface area contributed by atoms with Gasteiger partial charge in [-0.15, -0.1) is 0 Å². The Morgan fingerprint density at radius 3 is 2.33 bits per heavy atom. The molecule has 1 N–H and O–H groups in total. The molecule has 0 spiro atoms. The fourth-order valence-corrected chi connectivity index (χ4v) is 1.78. The van der Waals surface area contributed by atoms with Gasteiger partial charge in [-0.05, 0) is 36.8 Å². The highest BCUT2D eigenvalue weighted by molar-refractivity contribution is 5.94. The van der Waals surface area contributed by atoms with Crippen LogP contribution in [0.3, 0.4) is 0 Å². The summed E-state index contributed by atoms with van der Waals surface area (Å²) in [6, 6.07) is 10.3. The molecule has 0 heterocycles. The predicted molar refractivity (Wildman–Crippen MR) is 74.1 cm³/mol. The van der Waals surface area contributed by atoms with Gasteiger partial charge in [-0.1, -0.05) is 12.1 Å². The highest BCUT2D eigenvalue weighted by Crippen LogP contribution is 2.18. The molecule has 0 atom stereocenters. The van der Waals surface area contributed by atoms with E-state index in [4.69, 9.17) is 9.84 Å². The van der Waals surface area contributed by atoms with Crippen LogP contribution in [0.4, 0.5) is 4.39 Å². The van der Waals surface area contributed by atoms with Crippen molar-refractivity contribution in [2.24, 2.45) is 0 Å². The summed E-state index contributed by atoms with van der Waals surface area (Å²) < 4.78 is 19.0. The number of ketones is 1. The molecule has 0 aromatic heterocycles. The minimum Gasteiger partial charge on any atom is -0.489 e. The molecule has 0 fully saturated rings. The summed E-state index contributed by atoms with van der Waals surface area (Å²) in [6.45, 7) is 1.47. The number of carboxylic acid groups (broad SMARTS) is 1. The number of carbonyl (C=O) groups is 2. The van der Waals surface area contributed by atoms with Gasteiger partial charge in [-0.2, -0.15) is 0 Å². The monoisotopic (exact) mass is 288 g/mol. The smallest absolute Gasteiger partial charge is 0.335 e. The maximum Gasteiger partial charge on any atom is 0.335 e. The number of hydrogen-bond donors (Lipinski definition) is 1. The number of Topliss-reactive ketones (excluding diaryl/α,β-unsaturated/α-hetero) is 1. The Bertz CT molecular complexity index is 677. The number of ether oxygens (including phenoxy) is 1. The van der Waals surface area contributed by atoms with E-state index in [2.05, 4.69) is 0 Å². The Labute approximate surface area is 120 Å². The maximum atomic E-state index is 13.6. The first-order chi connectivity index (χ1) is 9.97. The average Bonchev–Trinajstić information content (AvgIpc) is 2.45. The number of benzene rings is 2. The second kappa shape index (κ2) is 6.17. The highest BCUT2D eigenvalue weighted by Gasteiger charge is 2.08. The summed E-state index contributed by atoms with van der Waals surface area (Å²) in [6.07, 6.45) is 0. The van der Waals surface area contributed by atoms with Gasteiger partial charge < -0.3 is 9.84 Å².